The van der Waals surface area contributed by atoms with Crippen molar-refractivity contribution in [3.63, 3.8) is 0 Å². The molecule has 3 aromatic rings. The first kappa shape index (κ1) is 15.5. The zero-order chi connectivity index (χ0) is 16.6. The Balaban J connectivity index is 1.76. The minimum absolute atomic E-state index is 0.0874. The second kappa shape index (κ2) is 6.00. The zero-order valence-corrected chi connectivity index (χ0v) is 13.9. The SMILES string of the molecule is CC(C)c1nn(C)c2sc(C(=O)NCC(=O)c3ccco3)cc12. The maximum Gasteiger partial charge on any atom is 0.261 e. The molecule has 0 bridgehead atoms. The maximum absolute atomic E-state index is 12.3. The van der Waals surface area contributed by atoms with Gasteiger partial charge in [-0.15, -0.1) is 11.3 Å². The molecule has 0 saturated carbocycles. The third kappa shape index (κ3) is 2.92. The molecule has 0 aliphatic carbocycles. The minimum Gasteiger partial charge on any atom is -0.461 e. The Morgan fingerprint density at radius 1 is 1.43 bits per heavy atom. The van der Waals surface area contributed by atoms with Crippen LogP contribution in [0.1, 0.15) is 45.7 Å². The highest BCUT2D eigenvalue weighted by Gasteiger charge is 2.19. The minimum atomic E-state index is -0.263. The summed E-state index contributed by atoms with van der Waals surface area (Å²) < 4.78 is 6.81. The number of nitrogens with zero attached hydrogens (tertiary/aromatic N) is 2. The molecule has 23 heavy (non-hydrogen) atoms. The number of ketones is 1. The van der Waals surface area contributed by atoms with Crippen molar-refractivity contribution in [2.75, 3.05) is 6.54 Å². The first-order valence-corrected chi connectivity index (χ1v) is 8.10. The average molecular weight is 331 g/mol. The standard InChI is InChI=1S/C16H17N3O3S/c1-9(2)14-10-7-13(23-16(10)19(3)18-14)15(21)17-8-11(20)12-5-4-6-22-12/h4-7,9H,8H2,1-3H3,(H,17,21). The number of Topliss-reactive ketones (excluding diaryl/α,β-unsaturated/α-hetero) is 1. The number of nitrogens with one attached hydrogen (secondary N) is 1. The number of rotatable bonds is 5. The molecule has 1 N–H and O–H groups in total. The van der Waals surface area contributed by atoms with E-state index in [0.717, 1.165) is 15.9 Å². The third-order valence-electron chi connectivity index (χ3n) is 3.52. The molecule has 0 radical (unpaired) electrons. The number of aryl methyl sites for hydroxylation is 1. The Morgan fingerprint density at radius 2 is 2.22 bits per heavy atom. The molecule has 6 nitrogen and oxygen atoms in total. The van der Waals surface area contributed by atoms with E-state index in [-0.39, 0.29) is 29.9 Å². The van der Waals surface area contributed by atoms with Gasteiger partial charge in [-0.25, -0.2) is 0 Å². The summed E-state index contributed by atoms with van der Waals surface area (Å²) >= 11 is 1.37. The first-order valence-electron chi connectivity index (χ1n) is 7.28. The zero-order valence-electron chi connectivity index (χ0n) is 13.1. The average Bonchev–Trinajstić information content (AvgIpc) is 3.22. The number of carbonyl (C=O) groups excluding carboxylic acids is 2. The fourth-order valence-electron chi connectivity index (χ4n) is 2.38. The van der Waals surface area contributed by atoms with Crippen LogP contribution in [0.15, 0.2) is 28.9 Å². The van der Waals surface area contributed by atoms with Crippen LogP contribution in [0.2, 0.25) is 0 Å². The molecule has 0 spiro atoms. The van der Waals surface area contributed by atoms with Crippen LogP contribution in [-0.4, -0.2) is 28.0 Å². The summed E-state index contributed by atoms with van der Waals surface area (Å²) in [5, 5.41) is 8.12. The van der Waals surface area contributed by atoms with Crippen LogP contribution in [0.5, 0.6) is 0 Å². The number of amides is 1. The molecule has 0 atom stereocenters. The number of fused-ring (bicyclic) bond motifs is 1. The van der Waals surface area contributed by atoms with Crippen LogP contribution in [-0.2, 0) is 7.05 Å². The van der Waals surface area contributed by atoms with Crippen molar-refractivity contribution in [1.29, 1.82) is 0 Å². The Morgan fingerprint density at radius 3 is 2.87 bits per heavy atom. The van der Waals surface area contributed by atoms with Crippen LogP contribution >= 0.6 is 11.3 Å². The lowest BCUT2D eigenvalue weighted by molar-refractivity contribution is 0.0895. The van der Waals surface area contributed by atoms with E-state index in [1.54, 1.807) is 16.8 Å². The molecule has 7 heteroatoms. The molecule has 3 rings (SSSR count). The van der Waals surface area contributed by atoms with Gasteiger partial charge in [-0.05, 0) is 24.1 Å². The van der Waals surface area contributed by atoms with Gasteiger partial charge in [0.25, 0.3) is 5.91 Å². The molecule has 0 saturated heterocycles. The predicted molar refractivity (Wildman–Crippen MR) is 88.1 cm³/mol. The largest absolute Gasteiger partial charge is 0.461 e. The molecule has 3 heterocycles. The van der Waals surface area contributed by atoms with Gasteiger partial charge in [0, 0.05) is 12.4 Å². The molecule has 0 aliphatic heterocycles. The van der Waals surface area contributed by atoms with Crippen molar-refractivity contribution in [2.24, 2.45) is 7.05 Å². The normalized spacial score (nSPS) is 11.3. The topological polar surface area (TPSA) is 77.1 Å². The van der Waals surface area contributed by atoms with Gasteiger partial charge in [0.05, 0.1) is 23.4 Å². The van der Waals surface area contributed by atoms with E-state index >= 15 is 0 Å². The molecule has 0 unspecified atom stereocenters. The van der Waals surface area contributed by atoms with Crippen molar-refractivity contribution in [1.82, 2.24) is 15.1 Å². The number of carbonyl (C=O) groups is 2. The molecular weight excluding hydrogens is 314 g/mol. The van der Waals surface area contributed by atoms with Crippen LogP contribution in [0.3, 0.4) is 0 Å². The Bertz CT molecular complexity index is 859. The monoisotopic (exact) mass is 331 g/mol. The summed E-state index contributed by atoms with van der Waals surface area (Å²) in [6.45, 7) is 4.05. The van der Waals surface area contributed by atoms with E-state index in [0.29, 0.717) is 4.88 Å². The molecule has 1 amide bonds. The molecule has 0 fully saturated rings. The predicted octanol–water partition coefficient (Wildman–Crippen LogP) is 2.96. The van der Waals surface area contributed by atoms with Gasteiger partial charge in [-0.2, -0.15) is 5.10 Å². The van der Waals surface area contributed by atoms with E-state index in [1.165, 1.54) is 17.6 Å². The van der Waals surface area contributed by atoms with Crippen molar-refractivity contribution in [2.45, 2.75) is 19.8 Å². The lowest BCUT2D eigenvalue weighted by Gasteiger charge is -2.01. The van der Waals surface area contributed by atoms with Crippen LogP contribution in [0, 0.1) is 0 Å². The van der Waals surface area contributed by atoms with E-state index in [1.807, 2.05) is 13.1 Å². The third-order valence-corrected chi connectivity index (χ3v) is 4.72. The number of aromatic nitrogens is 2. The number of thiophene rings is 1. The highest BCUT2D eigenvalue weighted by molar-refractivity contribution is 7.20. The number of hydrogen-bond acceptors (Lipinski definition) is 5. The molecule has 0 aromatic carbocycles. The Labute approximate surface area is 137 Å². The maximum atomic E-state index is 12.3. The quantitative estimate of drug-likeness (QED) is 0.729. The summed E-state index contributed by atoms with van der Waals surface area (Å²) in [5.41, 5.74) is 0.976. The van der Waals surface area contributed by atoms with E-state index in [4.69, 9.17) is 4.42 Å². The second-order valence-corrected chi connectivity index (χ2v) is 6.61. The lowest BCUT2D eigenvalue weighted by atomic mass is 10.1. The summed E-state index contributed by atoms with van der Waals surface area (Å²) in [6, 6.07) is 5.06. The highest BCUT2D eigenvalue weighted by atomic mass is 32.1. The van der Waals surface area contributed by atoms with Crippen molar-refractivity contribution in [3.05, 3.63) is 40.8 Å². The van der Waals surface area contributed by atoms with Crippen molar-refractivity contribution >= 4 is 33.2 Å². The fourth-order valence-corrected chi connectivity index (χ4v) is 3.37. The molecule has 0 aliphatic rings. The van der Waals surface area contributed by atoms with E-state index in [2.05, 4.69) is 24.3 Å². The Kier molecular flexibility index (Phi) is 4.04. The summed E-state index contributed by atoms with van der Waals surface area (Å²) in [4.78, 5) is 25.6. The van der Waals surface area contributed by atoms with Crippen molar-refractivity contribution < 1.29 is 14.0 Å². The number of hydrogen-bond donors (Lipinski definition) is 1. The van der Waals surface area contributed by atoms with Gasteiger partial charge >= 0.3 is 0 Å². The van der Waals surface area contributed by atoms with Crippen LogP contribution in [0.4, 0.5) is 0 Å². The lowest BCUT2D eigenvalue weighted by Crippen LogP contribution is -2.28. The van der Waals surface area contributed by atoms with E-state index in [9.17, 15) is 9.59 Å². The van der Waals surface area contributed by atoms with Crippen LogP contribution < -0.4 is 5.32 Å². The summed E-state index contributed by atoms with van der Waals surface area (Å²) in [5.74, 6) is 0.00693. The van der Waals surface area contributed by atoms with Gasteiger partial charge in [-0.3, -0.25) is 14.3 Å². The summed E-state index contributed by atoms with van der Waals surface area (Å²) in [6.07, 6.45) is 1.43. The van der Waals surface area contributed by atoms with Gasteiger partial charge in [0.2, 0.25) is 5.78 Å². The Hall–Kier alpha value is -2.41. The molecule has 3 aromatic heterocycles. The van der Waals surface area contributed by atoms with Gasteiger partial charge in [-0.1, -0.05) is 13.8 Å². The van der Waals surface area contributed by atoms with Crippen molar-refractivity contribution in [3.8, 4) is 0 Å². The van der Waals surface area contributed by atoms with E-state index < -0.39 is 0 Å². The smallest absolute Gasteiger partial charge is 0.261 e. The van der Waals surface area contributed by atoms with Gasteiger partial charge in [0.1, 0.15) is 4.83 Å². The van der Waals surface area contributed by atoms with Gasteiger partial charge in [0.15, 0.2) is 5.76 Å². The molecule has 120 valence electrons. The number of furan rings is 1. The summed E-state index contributed by atoms with van der Waals surface area (Å²) in [7, 11) is 1.87. The van der Waals surface area contributed by atoms with Gasteiger partial charge < -0.3 is 9.73 Å². The first-order chi connectivity index (χ1) is 11.0. The molecular formula is C16H17N3O3S. The fraction of sp³-hybridized carbons (Fsp3) is 0.312. The second-order valence-electron chi connectivity index (χ2n) is 5.58. The van der Waals surface area contributed by atoms with Crippen LogP contribution in [0.25, 0.3) is 10.2 Å². The highest BCUT2D eigenvalue weighted by Crippen LogP contribution is 2.31.